The monoisotopic (exact) mass is 423 g/mol. The highest BCUT2D eigenvalue weighted by molar-refractivity contribution is 5.66. The third kappa shape index (κ3) is 5.83. The topological polar surface area (TPSA) is 74.7 Å². The molecule has 1 aliphatic carbocycles. The van der Waals surface area contributed by atoms with Crippen LogP contribution in [0.15, 0.2) is 48.7 Å². The molecule has 0 radical (unpaired) electrons. The van der Waals surface area contributed by atoms with Gasteiger partial charge in [0.15, 0.2) is 0 Å². The molecule has 2 atom stereocenters. The zero-order valence-corrected chi connectivity index (χ0v) is 18.3. The van der Waals surface area contributed by atoms with Gasteiger partial charge in [-0.1, -0.05) is 36.4 Å². The average Bonchev–Trinajstić information content (AvgIpc) is 3.58. The zero-order valence-electron chi connectivity index (χ0n) is 18.3. The van der Waals surface area contributed by atoms with Gasteiger partial charge in [-0.05, 0) is 55.3 Å². The summed E-state index contributed by atoms with van der Waals surface area (Å²) in [5, 5.41) is 12.9. The quantitative estimate of drug-likeness (QED) is 0.611. The van der Waals surface area contributed by atoms with E-state index < -0.39 is 5.97 Å². The Bertz CT molecular complexity index is 848. The molecule has 1 saturated heterocycles. The number of benzene rings is 1. The minimum absolute atomic E-state index is 0.166. The number of ether oxygens (including phenoxy) is 1. The highest BCUT2D eigenvalue weighted by atomic mass is 16.5. The number of carbonyl (C=O) groups is 1. The van der Waals surface area contributed by atoms with Gasteiger partial charge in [0.05, 0.1) is 13.5 Å². The maximum Gasteiger partial charge on any atom is 0.304 e. The van der Waals surface area contributed by atoms with E-state index in [0.717, 1.165) is 38.9 Å². The lowest BCUT2D eigenvalue weighted by atomic mass is 9.73. The molecule has 2 fully saturated rings. The maximum atomic E-state index is 10.9. The zero-order chi connectivity index (χ0) is 21.7. The molecule has 166 valence electrons. The van der Waals surface area contributed by atoms with Crippen LogP contribution in [-0.4, -0.2) is 60.3 Å². The van der Waals surface area contributed by atoms with Crippen molar-refractivity contribution >= 4 is 5.97 Å². The molecule has 6 nitrogen and oxygen atoms in total. The second-order valence-electron chi connectivity index (χ2n) is 9.11. The number of carboxylic acid groups (broad SMARTS) is 1. The van der Waals surface area contributed by atoms with Gasteiger partial charge in [0.25, 0.3) is 0 Å². The van der Waals surface area contributed by atoms with Crippen molar-refractivity contribution in [3.8, 4) is 5.88 Å². The molecular formula is C25H33N3O3. The first-order valence-electron chi connectivity index (χ1n) is 11.3. The van der Waals surface area contributed by atoms with Gasteiger partial charge in [0.1, 0.15) is 0 Å². The molecule has 1 aromatic heterocycles. The summed E-state index contributed by atoms with van der Waals surface area (Å²) in [4.78, 5) is 17.6. The Balaban J connectivity index is 1.38. The molecule has 2 N–H and O–H groups in total. The molecule has 0 spiro atoms. The molecule has 1 aliphatic heterocycles. The van der Waals surface area contributed by atoms with Gasteiger partial charge in [-0.25, -0.2) is 4.98 Å². The summed E-state index contributed by atoms with van der Waals surface area (Å²) >= 11 is 0. The average molecular weight is 424 g/mol. The van der Waals surface area contributed by atoms with Crippen LogP contribution in [0.2, 0.25) is 0 Å². The predicted molar refractivity (Wildman–Crippen MR) is 120 cm³/mol. The molecule has 1 saturated carbocycles. The SMILES string of the molecule is COc1ccc(CC2(CN[C@@H]3C[C@H]3c3ccccc3)CCN(CCC(=O)O)CC2)cn1. The van der Waals surface area contributed by atoms with Gasteiger partial charge in [-0.3, -0.25) is 4.79 Å². The number of hydrogen-bond acceptors (Lipinski definition) is 5. The summed E-state index contributed by atoms with van der Waals surface area (Å²) in [6.07, 6.45) is 6.46. The Morgan fingerprint density at radius 3 is 2.65 bits per heavy atom. The first kappa shape index (κ1) is 21.8. The molecule has 0 unspecified atom stereocenters. The van der Waals surface area contributed by atoms with Crippen LogP contribution in [0.1, 0.15) is 42.7 Å². The molecule has 31 heavy (non-hydrogen) atoms. The summed E-state index contributed by atoms with van der Waals surface area (Å²) in [6, 6.07) is 15.4. The standard InChI is InChI=1S/C25H33N3O3/c1-31-23-8-7-19(17-26-23)16-25(10-13-28(14-11-25)12-9-24(29)30)18-27-22-15-21(22)20-5-3-2-4-6-20/h2-8,17,21-22,27H,9-16,18H2,1H3,(H,29,30)/t21-,22+/m0/s1. The van der Waals surface area contributed by atoms with Crippen LogP contribution in [0.5, 0.6) is 5.88 Å². The molecular weight excluding hydrogens is 390 g/mol. The van der Waals surface area contributed by atoms with E-state index in [0.29, 0.717) is 24.4 Å². The maximum absolute atomic E-state index is 10.9. The number of nitrogens with one attached hydrogen (secondary N) is 1. The van der Waals surface area contributed by atoms with Crippen molar-refractivity contribution in [2.75, 3.05) is 33.3 Å². The van der Waals surface area contributed by atoms with Crippen molar-refractivity contribution in [1.82, 2.24) is 15.2 Å². The van der Waals surface area contributed by atoms with Crippen LogP contribution in [0.25, 0.3) is 0 Å². The van der Waals surface area contributed by atoms with E-state index in [2.05, 4.69) is 51.6 Å². The van der Waals surface area contributed by atoms with Gasteiger partial charge in [0, 0.05) is 37.3 Å². The lowest BCUT2D eigenvalue weighted by molar-refractivity contribution is -0.137. The van der Waals surface area contributed by atoms with E-state index in [9.17, 15) is 4.79 Å². The molecule has 4 rings (SSSR count). The number of piperidine rings is 1. The van der Waals surface area contributed by atoms with E-state index >= 15 is 0 Å². The Morgan fingerprint density at radius 2 is 2.00 bits per heavy atom. The Hall–Kier alpha value is -2.44. The second-order valence-corrected chi connectivity index (χ2v) is 9.11. The first-order chi connectivity index (χ1) is 15.1. The summed E-state index contributed by atoms with van der Waals surface area (Å²) in [6.45, 7) is 3.53. The number of pyridine rings is 1. The van der Waals surface area contributed by atoms with Crippen molar-refractivity contribution in [1.29, 1.82) is 0 Å². The summed E-state index contributed by atoms with van der Waals surface area (Å²) in [5.41, 5.74) is 2.83. The molecule has 0 amide bonds. The lowest BCUT2D eigenvalue weighted by Crippen LogP contribution is -2.47. The van der Waals surface area contributed by atoms with Crippen molar-refractivity contribution < 1.29 is 14.6 Å². The highest BCUT2D eigenvalue weighted by Crippen LogP contribution is 2.42. The molecule has 2 aliphatic rings. The second kappa shape index (κ2) is 9.79. The summed E-state index contributed by atoms with van der Waals surface area (Å²) in [5.74, 6) is 0.545. The Morgan fingerprint density at radius 1 is 1.23 bits per heavy atom. The number of carboxylic acids is 1. The first-order valence-corrected chi connectivity index (χ1v) is 11.3. The van der Waals surface area contributed by atoms with Crippen molar-refractivity contribution in [2.24, 2.45) is 5.41 Å². The van der Waals surface area contributed by atoms with Gasteiger partial charge >= 0.3 is 5.97 Å². The number of aliphatic carboxylic acids is 1. The fraction of sp³-hybridized carbons (Fsp3) is 0.520. The van der Waals surface area contributed by atoms with Crippen molar-refractivity contribution in [3.63, 3.8) is 0 Å². The van der Waals surface area contributed by atoms with E-state index in [4.69, 9.17) is 9.84 Å². The van der Waals surface area contributed by atoms with Crippen LogP contribution in [0.3, 0.4) is 0 Å². The van der Waals surface area contributed by atoms with Crippen LogP contribution in [-0.2, 0) is 11.2 Å². The van der Waals surface area contributed by atoms with Crippen LogP contribution in [0, 0.1) is 5.41 Å². The van der Waals surface area contributed by atoms with Gasteiger partial charge in [0.2, 0.25) is 5.88 Å². The minimum Gasteiger partial charge on any atom is -0.481 e. The van der Waals surface area contributed by atoms with E-state index in [1.165, 1.54) is 17.5 Å². The molecule has 2 aromatic rings. The van der Waals surface area contributed by atoms with E-state index in [-0.39, 0.29) is 11.8 Å². The van der Waals surface area contributed by atoms with Crippen LogP contribution < -0.4 is 10.1 Å². The summed E-state index contributed by atoms with van der Waals surface area (Å²) in [7, 11) is 1.64. The van der Waals surface area contributed by atoms with Gasteiger partial charge < -0.3 is 20.1 Å². The number of hydrogen-bond donors (Lipinski definition) is 2. The predicted octanol–water partition coefficient (Wildman–Crippen LogP) is 3.34. The largest absolute Gasteiger partial charge is 0.481 e. The number of methoxy groups -OCH3 is 1. The molecule has 1 aromatic carbocycles. The fourth-order valence-electron chi connectivity index (χ4n) is 4.83. The lowest BCUT2D eigenvalue weighted by Gasteiger charge is -2.42. The van der Waals surface area contributed by atoms with E-state index in [1.54, 1.807) is 7.11 Å². The third-order valence-electron chi connectivity index (χ3n) is 6.90. The van der Waals surface area contributed by atoms with Crippen LogP contribution in [0.4, 0.5) is 0 Å². The van der Waals surface area contributed by atoms with Gasteiger partial charge in [-0.2, -0.15) is 0 Å². The smallest absolute Gasteiger partial charge is 0.304 e. The molecule has 2 heterocycles. The number of nitrogens with zero attached hydrogens (tertiary/aromatic N) is 2. The minimum atomic E-state index is -0.719. The molecule has 6 heteroatoms. The number of rotatable bonds is 10. The third-order valence-corrected chi connectivity index (χ3v) is 6.90. The summed E-state index contributed by atoms with van der Waals surface area (Å²) < 4.78 is 5.21. The number of likely N-dealkylation sites (tertiary alicyclic amines) is 1. The fourth-order valence-corrected chi connectivity index (χ4v) is 4.83. The normalized spacial score (nSPS) is 22.7. The molecule has 0 bridgehead atoms. The van der Waals surface area contributed by atoms with Crippen molar-refractivity contribution in [2.45, 2.75) is 44.1 Å². The van der Waals surface area contributed by atoms with Crippen LogP contribution >= 0.6 is 0 Å². The van der Waals surface area contributed by atoms with E-state index in [1.807, 2.05) is 12.3 Å². The highest BCUT2D eigenvalue weighted by Gasteiger charge is 2.41. The number of aromatic nitrogens is 1. The van der Waals surface area contributed by atoms with Gasteiger partial charge in [-0.15, -0.1) is 0 Å². The Kier molecular flexibility index (Phi) is 6.88. The van der Waals surface area contributed by atoms with Crippen molar-refractivity contribution in [3.05, 3.63) is 59.8 Å². The Labute approximate surface area is 184 Å².